The van der Waals surface area contributed by atoms with Crippen molar-refractivity contribution in [2.45, 2.75) is 44.6 Å². The quantitative estimate of drug-likeness (QED) is 0.598. The Morgan fingerprint density at radius 3 is 2.44 bits per heavy atom. The summed E-state index contributed by atoms with van der Waals surface area (Å²) in [6.07, 6.45) is 3.26. The maximum atomic E-state index is 8.91. The molecule has 0 fully saturated rings. The van der Waals surface area contributed by atoms with E-state index in [4.69, 9.17) is 11.0 Å². The van der Waals surface area contributed by atoms with Gasteiger partial charge in [-0.3, -0.25) is 0 Å². The average molecular weight is 262 g/mol. The third-order valence-electron chi connectivity index (χ3n) is 2.93. The Hall–Kier alpha value is -0.980. The van der Waals surface area contributed by atoms with Crippen LogP contribution in [-0.2, 0) is 6.54 Å². The highest BCUT2D eigenvalue weighted by Crippen LogP contribution is 2.24. The SMILES string of the molecule is CC(C)(C#N)CCCCSc1ccc(CN)cc1. The first-order valence-corrected chi connectivity index (χ1v) is 7.39. The Balaban J connectivity index is 2.20. The van der Waals surface area contributed by atoms with Crippen molar-refractivity contribution in [1.29, 1.82) is 5.26 Å². The van der Waals surface area contributed by atoms with Crippen LogP contribution in [0.25, 0.3) is 0 Å². The highest BCUT2D eigenvalue weighted by molar-refractivity contribution is 7.99. The number of hydrogen-bond donors (Lipinski definition) is 1. The minimum Gasteiger partial charge on any atom is -0.326 e. The highest BCUT2D eigenvalue weighted by atomic mass is 32.2. The van der Waals surface area contributed by atoms with Crippen LogP contribution < -0.4 is 5.73 Å². The molecule has 2 N–H and O–H groups in total. The number of rotatable bonds is 7. The fourth-order valence-electron chi connectivity index (χ4n) is 1.64. The molecule has 0 radical (unpaired) electrons. The fraction of sp³-hybridized carbons (Fsp3) is 0.533. The van der Waals surface area contributed by atoms with Gasteiger partial charge in [0.1, 0.15) is 0 Å². The highest BCUT2D eigenvalue weighted by Gasteiger charge is 2.15. The Morgan fingerprint density at radius 1 is 1.22 bits per heavy atom. The van der Waals surface area contributed by atoms with Crippen LogP contribution in [0.5, 0.6) is 0 Å². The van der Waals surface area contributed by atoms with E-state index in [-0.39, 0.29) is 5.41 Å². The third kappa shape index (κ3) is 5.57. The molecule has 0 saturated heterocycles. The number of thioether (sulfide) groups is 1. The number of benzene rings is 1. The van der Waals surface area contributed by atoms with Gasteiger partial charge in [0.25, 0.3) is 0 Å². The van der Waals surface area contributed by atoms with E-state index in [1.807, 2.05) is 25.6 Å². The molecule has 1 aromatic carbocycles. The van der Waals surface area contributed by atoms with Crippen molar-refractivity contribution in [2.24, 2.45) is 11.1 Å². The van der Waals surface area contributed by atoms with Gasteiger partial charge >= 0.3 is 0 Å². The lowest BCUT2D eigenvalue weighted by atomic mass is 9.89. The minimum atomic E-state index is -0.173. The normalized spacial score (nSPS) is 11.2. The first-order valence-electron chi connectivity index (χ1n) is 6.40. The summed E-state index contributed by atoms with van der Waals surface area (Å²) in [7, 11) is 0. The molecule has 0 aromatic heterocycles. The molecule has 0 atom stereocenters. The van der Waals surface area contributed by atoms with Gasteiger partial charge < -0.3 is 5.73 Å². The molecule has 2 nitrogen and oxygen atoms in total. The lowest BCUT2D eigenvalue weighted by molar-refractivity contribution is 0.433. The number of unbranched alkanes of at least 4 members (excludes halogenated alkanes) is 1. The number of hydrogen-bond acceptors (Lipinski definition) is 3. The number of nitriles is 1. The summed E-state index contributed by atoms with van der Waals surface area (Å²) in [5, 5.41) is 8.91. The van der Waals surface area contributed by atoms with E-state index in [0.717, 1.165) is 25.0 Å². The zero-order chi connectivity index (χ0) is 13.4. The summed E-state index contributed by atoms with van der Waals surface area (Å²) in [5.41, 5.74) is 6.56. The summed E-state index contributed by atoms with van der Waals surface area (Å²) >= 11 is 1.87. The van der Waals surface area contributed by atoms with E-state index < -0.39 is 0 Å². The van der Waals surface area contributed by atoms with E-state index in [1.54, 1.807) is 0 Å². The zero-order valence-corrected chi connectivity index (χ0v) is 12.1. The van der Waals surface area contributed by atoms with Gasteiger partial charge in [0.05, 0.1) is 11.5 Å². The molecular weight excluding hydrogens is 240 g/mol. The zero-order valence-electron chi connectivity index (χ0n) is 11.3. The predicted molar refractivity (Wildman–Crippen MR) is 78.3 cm³/mol. The lowest BCUT2D eigenvalue weighted by Crippen LogP contribution is -2.07. The van der Waals surface area contributed by atoms with Gasteiger partial charge in [-0.25, -0.2) is 0 Å². The molecule has 1 rings (SSSR count). The van der Waals surface area contributed by atoms with Crippen LogP contribution in [0.3, 0.4) is 0 Å². The topological polar surface area (TPSA) is 49.8 Å². The molecule has 0 aliphatic rings. The van der Waals surface area contributed by atoms with E-state index in [0.29, 0.717) is 6.54 Å². The first kappa shape index (κ1) is 15.1. The molecule has 18 heavy (non-hydrogen) atoms. The van der Waals surface area contributed by atoms with Crippen LogP contribution in [0, 0.1) is 16.7 Å². The maximum Gasteiger partial charge on any atom is 0.0683 e. The molecule has 1 aromatic rings. The monoisotopic (exact) mass is 262 g/mol. The van der Waals surface area contributed by atoms with Crippen LogP contribution in [-0.4, -0.2) is 5.75 Å². The molecule has 0 spiro atoms. The Morgan fingerprint density at radius 2 is 1.89 bits per heavy atom. The van der Waals surface area contributed by atoms with Crippen molar-refractivity contribution < 1.29 is 0 Å². The molecule has 3 heteroatoms. The molecule has 0 unspecified atom stereocenters. The van der Waals surface area contributed by atoms with E-state index in [2.05, 4.69) is 30.3 Å². The molecule has 0 saturated carbocycles. The summed E-state index contributed by atoms with van der Waals surface area (Å²) in [6.45, 7) is 4.62. The average Bonchev–Trinajstić information content (AvgIpc) is 2.39. The Labute approximate surface area is 115 Å². The largest absolute Gasteiger partial charge is 0.326 e. The summed E-state index contributed by atoms with van der Waals surface area (Å²) < 4.78 is 0. The Kier molecular flexibility index (Phi) is 6.24. The van der Waals surface area contributed by atoms with Gasteiger partial charge in [-0.15, -0.1) is 11.8 Å². The molecule has 0 bridgehead atoms. The second kappa shape index (κ2) is 7.45. The smallest absolute Gasteiger partial charge is 0.0683 e. The number of nitrogens with zero attached hydrogens (tertiary/aromatic N) is 1. The van der Waals surface area contributed by atoms with Gasteiger partial charge in [-0.1, -0.05) is 18.6 Å². The summed E-state index contributed by atoms with van der Waals surface area (Å²) in [5.74, 6) is 1.11. The van der Waals surface area contributed by atoms with Gasteiger partial charge in [-0.2, -0.15) is 5.26 Å². The maximum absolute atomic E-state index is 8.91. The fourth-order valence-corrected chi connectivity index (χ4v) is 2.55. The van der Waals surface area contributed by atoms with Crippen molar-refractivity contribution in [2.75, 3.05) is 5.75 Å². The molecule has 0 heterocycles. The van der Waals surface area contributed by atoms with E-state index >= 15 is 0 Å². The van der Waals surface area contributed by atoms with E-state index in [9.17, 15) is 0 Å². The molecule has 0 amide bonds. The van der Waals surface area contributed by atoms with Crippen LogP contribution in [0.4, 0.5) is 0 Å². The molecule has 0 aliphatic heterocycles. The Bertz CT molecular complexity index is 390. The molecular formula is C15H22N2S. The van der Waals surface area contributed by atoms with Crippen molar-refractivity contribution >= 4 is 11.8 Å². The third-order valence-corrected chi connectivity index (χ3v) is 4.02. The van der Waals surface area contributed by atoms with Crippen molar-refractivity contribution in [3.05, 3.63) is 29.8 Å². The van der Waals surface area contributed by atoms with Gasteiger partial charge in [0.15, 0.2) is 0 Å². The number of nitrogens with two attached hydrogens (primary N) is 1. The second-order valence-electron chi connectivity index (χ2n) is 5.15. The van der Waals surface area contributed by atoms with Crippen molar-refractivity contribution in [3.8, 4) is 6.07 Å². The minimum absolute atomic E-state index is 0.173. The first-order chi connectivity index (χ1) is 8.57. The van der Waals surface area contributed by atoms with Crippen LogP contribution >= 0.6 is 11.8 Å². The summed E-state index contributed by atoms with van der Waals surface area (Å²) in [6, 6.07) is 10.8. The second-order valence-corrected chi connectivity index (χ2v) is 6.32. The lowest BCUT2D eigenvalue weighted by Gasteiger charge is -2.14. The summed E-state index contributed by atoms with van der Waals surface area (Å²) in [4.78, 5) is 1.30. The molecule has 0 aliphatic carbocycles. The van der Waals surface area contributed by atoms with Crippen molar-refractivity contribution in [1.82, 2.24) is 0 Å². The van der Waals surface area contributed by atoms with Gasteiger partial charge in [0.2, 0.25) is 0 Å². The molecule has 98 valence electrons. The van der Waals surface area contributed by atoms with Crippen LogP contribution in [0.15, 0.2) is 29.2 Å². The van der Waals surface area contributed by atoms with Gasteiger partial charge in [0, 0.05) is 11.4 Å². The van der Waals surface area contributed by atoms with Crippen molar-refractivity contribution in [3.63, 3.8) is 0 Å². The van der Waals surface area contributed by atoms with Crippen LogP contribution in [0.2, 0.25) is 0 Å². The van der Waals surface area contributed by atoms with Gasteiger partial charge in [-0.05, 0) is 50.1 Å². The van der Waals surface area contributed by atoms with E-state index in [1.165, 1.54) is 10.5 Å². The van der Waals surface area contributed by atoms with Crippen LogP contribution in [0.1, 0.15) is 38.7 Å². The standard InChI is InChI=1S/C15H22N2S/c1-15(2,12-17)9-3-4-10-18-14-7-5-13(11-16)6-8-14/h5-8H,3-4,9-11,16H2,1-2H3. The predicted octanol–water partition coefficient (Wildman–Crippen LogP) is 3.96.